The van der Waals surface area contributed by atoms with Gasteiger partial charge in [-0.15, -0.1) is 0 Å². The Labute approximate surface area is 225 Å². The lowest BCUT2D eigenvalue weighted by Crippen LogP contribution is -2.65. The number of hydrogen-bond donors (Lipinski definition) is 1. The number of ether oxygens (including phenoxy) is 1. The minimum atomic E-state index is -0.140. The van der Waals surface area contributed by atoms with Crippen molar-refractivity contribution in [3.8, 4) is 0 Å². The van der Waals surface area contributed by atoms with Crippen molar-refractivity contribution in [2.75, 3.05) is 6.54 Å². The van der Waals surface area contributed by atoms with Gasteiger partial charge >= 0.3 is 5.97 Å². The topological polar surface area (TPSA) is 69.4 Å². The van der Waals surface area contributed by atoms with E-state index >= 15 is 0 Å². The molecule has 0 aromatic carbocycles. The van der Waals surface area contributed by atoms with Crippen LogP contribution in [0.15, 0.2) is 11.1 Å². The molecule has 8 unspecified atom stereocenters. The van der Waals surface area contributed by atoms with Crippen LogP contribution in [-0.4, -0.2) is 24.4 Å². The SMILES string of the molecule is CC(=O)OC1CCC2(C)C(CCC3(C)C2CCC2C4=C(C(C)C)C(=O)CC4(CCN)CCC23C)C1(C)C. The fourth-order valence-electron chi connectivity index (χ4n) is 11.7. The van der Waals surface area contributed by atoms with Crippen LogP contribution in [0.1, 0.15) is 120 Å². The molecule has 5 rings (SSSR count). The molecular weight excluding hydrogens is 458 g/mol. The second-order valence-corrected chi connectivity index (χ2v) is 15.5. The summed E-state index contributed by atoms with van der Waals surface area (Å²) in [7, 11) is 0. The first-order chi connectivity index (χ1) is 17.2. The number of carbonyl (C=O) groups excluding carboxylic acids is 2. The van der Waals surface area contributed by atoms with E-state index in [9.17, 15) is 9.59 Å². The Morgan fingerprint density at radius 2 is 1.65 bits per heavy atom. The molecule has 4 nitrogen and oxygen atoms in total. The highest BCUT2D eigenvalue weighted by molar-refractivity contribution is 6.00. The van der Waals surface area contributed by atoms with E-state index in [1.54, 1.807) is 12.5 Å². The summed E-state index contributed by atoms with van der Waals surface area (Å²) >= 11 is 0. The monoisotopic (exact) mass is 511 g/mol. The van der Waals surface area contributed by atoms with E-state index in [1.807, 2.05) is 0 Å². The van der Waals surface area contributed by atoms with Gasteiger partial charge in [-0.2, -0.15) is 0 Å². The maximum absolute atomic E-state index is 13.5. The molecule has 4 saturated carbocycles. The summed E-state index contributed by atoms with van der Waals surface area (Å²) in [6.45, 7) is 19.3. The van der Waals surface area contributed by atoms with Crippen LogP contribution in [0.25, 0.3) is 0 Å². The van der Waals surface area contributed by atoms with Crippen molar-refractivity contribution in [2.24, 2.45) is 56.5 Å². The van der Waals surface area contributed by atoms with Crippen molar-refractivity contribution in [3.63, 3.8) is 0 Å². The van der Waals surface area contributed by atoms with Crippen molar-refractivity contribution in [2.45, 2.75) is 126 Å². The van der Waals surface area contributed by atoms with E-state index in [0.717, 1.165) is 25.7 Å². The molecule has 0 amide bonds. The molecule has 0 aromatic rings. The zero-order valence-electron chi connectivity index (χ0n) is 25.0. The molecule has 0 heterocycles. The van der Waals surface area contributed by atoms with E-state index in [0.29, 0.717) is 42.4 Å². The van der Waals surface area contributed by atoms with Gasteiger partial charge in [0, 0.05) is 24.2 Å². The number of Topliss-reactive ketones (excluding diaryl/α,β-unsaturated/α-hetero) is 1. The number of carbonyl (C=O) groups is 2. The number of fused-ring (bicyclic) bond motifs is 7. The molecule has 0 aliphatic heterocycles. The predicted molar refractivity (Wildman–Crippen MR) is 149 cm³/mol. The standard InChI is InChI=1S/C33H53NO3/c1-20(2)27-23(36)19-33(17-18-34)16-15-31(7)22(28(27)33)9-10-25-30(6)13-12-26(37-21(3)35)29(4,5)24(30)11-14-32(25,31)8/h20,22,24-26H,9-19,34H2,1-8H3. The lowest BCUT2D eigenvalue weighted by atomic mass is 9.33. The molecule has 0 saturated heterocycles. The van der Waals surface area contributed by atoms with Crippen LogP contribution >= 0.6 is 0 Å². The maximum atomic E-state index is 13.5. The van der Waals surface area contributed by atoms with Gasteiger partial charge in [-0.05, 0) is 110 Å². The molecule has 5 aliphatic rings. The summed E-state index contributed by atoms with van der Waals surface area (Å²) in [6.07, 6.45) is 11.0. The van der Waals surface area contributed by atoms with Crippen LogP contribution in [0.2, 0.25) is 0 Å². The van der Waals surface area contributed by atoms with Gasteiger partial charge in [-0.25, -0.2) is 0 Å². The molecule has 37 heavy (non-hydrogen) atoms. The third kappa shape index (κ3) is 3.55. The first kappa shape index (κ1) is 27.4. The largest absolute Gasteiger partial charge is 0.462 e. The maximum Gasteiger partial charge on any atom is 0.302 e. The lowest BCUT2D eigenvalue weighted by Gasteiger charge is -2.72. The molecule has 8 atom stereocenters. The Morgan fingerprint density at radius 1 is 0.946 bits per heavy atom. The van der Waals surface area contributed by atoms with Gasteiger partial charge < -0.3 is 10.5 Å². The lowest BCUT2D eigenvalue weighted by molar-refractivity contribution is -0.232. The number of hydrogen-bond acceptors (Lipinski definition) is 4. The summed E-state index contributed by atoms with van der Waals surface area (Å²) < 4.78 is 5.91. The fourth-order valence-corrected chi connectivity index (χ4v) is 11.7. The van der Waals surface area contributed by atoms with E-state index in [4.69, 9.17) is 10.5 Å². The predicted octanol–water partition coefficient (Wildman–Crippen LogP) is 7.25. The average molecular weight is 512 g/mol. The van der Waals surface area contributed by atoms with Crippen LogP contribution in [0.4, 0.5) is 0 Å². The van der Waals surface area contributed by atoms with Crippen molar-refractivity contribution in [1.82, 2.24) is 0 Å². The van der Waals surface area contributed by atoms with Gasteiger partial charge in [0.05, 0.1) is 0 Å². The quantitative estimate of drug-likeness (QED) is 0.404. The molecule has 0 bridgehead atoms. The Morgan fingerprint density at radius 3 is 2.27 bits per heavy atom. The van der Waals surface area contributed by atoms with Gasteiger partial charge in [-0.3, -0.25) is 9.59 Å². The fraction of sp³-hybridized carbons (Fsp3) is 0.879. The van der Waals surface area contributed by atoms with Crippen LogP contribution in [0.3, 0.4) is 0 Å². The minimum absolute atomic E-state index is 0.00813. The summed E-state index contributed by atoms with van der Waals surface area (Å²) in [6, 6.07) is 0. The average Bonchev–Trinajstić information content (AvgIpc) is 3.08. The number of ketones is 1. The van der Waals surface area contributed by atoms with E-state index < -0.39 is 0 Å². The number of allylic oxidation sites excluding steroid dienone is 2. The Balaban J connectivity index is 1.55. The molecule has 2 N–H and O–H groups in total. The highest BCUT2D eigenvalue weighted by atomic mass is 16.5. The molecule has 5 aliphatic carbocycles. The summed E-state index contributed by atoms with van der Waals surface area (Å²) in [5.41, 5.74) is 9.66. The van der Waals surface area contributed by atoms with Crippen LogP contribution in [0, 0.1) is 50.7 Å². The number of nitrogens with two attached hydrogens (primary N) is 1. The zero-order valence-corrected chi connectivity index (χ0v) is 25.0. The van der Waals surface area contributed by atoms with Gasteiger partial charge in [0.2, 0.25) is 0 Å². The van der Waals surface area contributed by atoms with Crippen LogP contribution in [0.5, 0.6) is 0 Å². The summed E-state index contributed by atoms with van der Waals surface area (Å²) in [5.74, 6) is 2.30. The summed E-state index contributed by atoms with van der Waals surface area (Å²) in [5, 5.41) is 0. The molecule has 0 aromatic heterocycles. The Hall–Kier alpha value is -1.16. The second-order valence-electron chi connectivity index (χ2n) is 15.5. The molecule has 4 fully saturated rings. The van der Waals surface area contributed by atoms with Crippen molar-refractivity contribution in [1.29, 1.82) is 0 Å². The van der Waals surface area contributed by atoms with Crippen LogP contribution in [-0.2, 0) is 14.3 Å². The first-order valence-electron chi connectivity index (χ1n) is 15.3. The smallest absolute Gasteiger partial charge is 0.302 e. The first-order valence-corrected chi connectivity index (χ1v) is 15.3. The third-order valence-corrected chi connectivity index (χ3v) is 13.4. The Bertz CT molecular complexity index is 1010. The number of rotatable bonds is 4. The van der Waals surface area contributed by atoms with Crippen LogP contribution < -0.4 is 5.73 Å². The second kappa shape index (κ2) is 8.67. The van der Waals surface area contributed by atoms with Gasteiger partial charge in [0.15, 0.2) is 5.78 Å². The molecular formula is C33H53NO3. The van der Waals surface area contributed by atoms with Gasteiger partial charge in [0.1, 0.15) is 6.10 Å². The molecule has 0 radical (unpaired) electrons. The molecule has 4 heteroatoms. The summed E-state index contributed by atoms with van der Waals surface area (Å²) in [4.78, 5) is 25.4. The van der Waals surface area contributed by atoms with Gasteiger partial charge in [0.25, 0.3) is 0 Å². The highest BCUT2D eigenvalue weighted by Gasteiger charge is 2.70. The normalized spacial score (nSPS) is 46.7. The van der Waals surface area contributed by atoms with Crippen molar-refractivity contribution in [3.05, 3.63) is 11.1 Å². The van der Waals surface area contributed by atoms with Gasteiger partial charge in [-0.1, -0.05) is 54.0 Å². The van der Waals surface area contributed by atoms with E-state index in [2.05, 4.69) is 48.5 Å². The van der Waals surface area contributed by atoms with Crippen molar-refractivity contribution < 1.29 is 14.3 Å². The Kier molecular flexibility index (Phi) is 6.42. The van der Waals surface area contributed by atoms with Crippen molar-refractivity contribution >= 4 is 11.8 Å². The molecule has 0 spiro atoms. The highest BCUT2D eigenvalue weighted by Crippen LogP contribution is 2.77. The number of esters is 1. The third-order valence-electron chi connectivity index (χ3n) is 13.4. The van der Waals surface area contributed by atoms with E-state index in [1.165, 1.54) is 37.7 Å². The van der Waals surface area contributed by atoms with E-state index in [-0.39, 0.29) is 39.1 Å². The minimum Gasteiger partial charge on any atom is -0.462 e. The molecule has 208 valence electrons. The zero-order chi connectivity index (χ0) is 27.2.